The molecule has 1 fully saturated rings. The number of allylic oxidation sites excluding steroid dienone is 1. The van der Waals surface area contributed by atoms with Crippen LogP contribution in [0.1, 0.15) is 26.7 Å². The standard InChI is InChI=1S/C14H22N2O/c1-3-14(15-9-5-6-10-15)16(4-2)13-7-11-17-12-8-13/h3,5-6,9-10,13H,4,7-8,11-12H2,1-2H3/b14-3-. The smallest absolute Gasteiger partial charge is 0.108 e. The van der Waals surface area contributed by atoms with Crippen molar-refractivity contribution in [3.63, 3.8) is 0 Å². The number of aromatic nitrogens is 1. The summed E-state index contributed by atoms with van der Waals surface area (Å²) in [5.41, 5.74) is 0. The minimum absolute atomic E-state index is 0.613. The van der Waals surface area contributed by atoms with Crippen LogP contribution in [0.5, 0.6) is 0 Å². The van der Waals surface area contributed by atoms with Crippen molar-refractivity contribution < 1.29 is 4.74 Å². The molecule has 0 N–H and O–H groups in total. The Hall–Kier alpha value is -1.22. The van der Waals surface area contributed by atoms with Crippen molar-refractivity contribution in [2.75, 3.05) is 19.8 Å². The van der Waals surface area contributed by atoms with Crippen molar-refractivity contribution in [3.8, 4) is 0 Å². The fourth-order valence-electron chi connectivity index (χ4n) is 2.55. The number of nitrogens with zero attached hydrogens (tertiary/aromatic N) is 2. The Morgan fingerprint density at radius 1 is 1.35 bits per heavy atom. The molecule has 1 saturated heterocycles. The summed E-state index contributed by atoms with van der Waals surface area (Å²) in [5.74, 6) is 1.28. The van der Waals surface area contributed by atoms with Gasteiger partial charge in [-0.15, -0.1) is 0 Å². The predicted molar refractivity (Wildman–Crippen MR) is 70.6 cm³/mol. The first-order valence-corrected chi connectivity index (χ1v) is 6.51. The van der Waals surface area contributed by atoms with Crippen LogP contribution in [-0.2, 0) is 4.74 Å². The maximum atomic E-state index is 5.45. The van der Waals surface area contributed by atoms with E-state index in [9.17, 15) is 0 Å². The van der Waals surface area contributed by atoms with E-state index in [1.807, 2.05) is 0 Å². The molecule has 94 valence electrons. The lowest BCUT2D eigenvalue weighted by atomic mass is 10.1. The van der Waals surface area contributed by atoms with Crippen LogP contribution in [0.3, 0.4) is 0 Å². The first-order valence-electron chi connectivity index (χ1n) is 6.51. The molecule has 1 aliphatic heterocycles. The Kier molecular flexibility index (Phi) is 4.26. The van der Waals surface area contributed by atoms with Crippen molar-refractivity contribution in [3.05, 3.63) is 30.6 Å². The van der Waals surface area contributed by atoms with E-state index in [1.165, 1.54) is 5.82 Å². The van der Waals surface area contributed by atoms with Crippen LogP contribution >= 0.6 is 0 Å². The van der Waals surface area contributed by atoms with E-state index < -0.39 is 0 Å². The SMILES string of the molecule is C/C=C(\N(CC)C1CCOCC1)n1cccc1. The zero-order chi connectivity index (χ0) is 12.1. The maximum absolute atomic E-state index is 5.45. The second kappa shape index (κ2) is 5.92. The Bertz CT molecular complexity index is 350. The van der Waals surface area contributed by atoms with E-state index in [4.69, 9.17) is 4.74 Å². The van der Waals surface area contributed by atoms with Gasteiger partial charge in [0.05, 0.1) is 0 Å². The van der Waals surface area contributed by atoms with Gasteiger partial charge in [-0.25, -0.2) is 0 Å². The summed E-state index contributed by atoms with van der Waals surface area (Å²) in [7, 11) is 0. The molecule has 0 aliphatic carbocycles. The van der Waals surface area contributed by atoms with Crippen LogP contribution in [0.25, 0.3) is 5.82 Å². The van der Waals surface area contributed by atoms with Gasteiger partial charge in [-0.05, 0) is 44.9 Å². The van der Waals surface area contributed by atoms with Crippen molar-refractivity contribution in [2.24, 2.45) is 0 Å². The van der Waals surface area contributed by atoms with Gasteiger partial charge in [0.1, 0.15) is 5.82 Å². The van der Waals surface area contributed by atoms with Crippen LogP contribution in [0, 0.1) is 0 Å². The zero-order valence-electron chi connectivity index (χ0n) is 10.8. The Labute approximate surface area is 104 Å². The number of hydrogen-bond donors (Lipinski definition) is 0. The van der Waals surface area contributed by atoms with E-state index in [-0.39, 0.29) is 0 Å². The molecular weight excluding hydrogens is 212 g/mol. The van der Waals surface area contributed by atoms with Crippen molar-refractivity contribution in [2.45, 2.75) is 32.7 Å². The maximum Gasteiger partial charge on any atom is 0.108 e. The van der Waals surface area contributed by atoms with Gasteiger partial charge in [0.15, 0.2) is 0 Å². The normalized spacial score (nSPS) is 18.4. The second-order valence-electron chi connectivity index (χ2n) is 4.37. The lowest BCUT2D eigenvalue weighted by Gasteiger charge is -2.37. The Morgan fingerprint density at radius 2 is 2.00 bits per heavy atom. The molecule has 1 aromatic heterocycles. The molecule has 0 radical (unpaired) electrons. The van der Waals surface area contributed by atoms with E-state index in [1.54, 1.807) is 0 Å². The van der Waals surface area contributed by atoms with Crippen LogP contribution in [0.15, 0.2) is 30.6 Å². The quantitative estimate of drug-likeness (QED) is 0.797. The summed E-state index contributed by atoms with van der Waals surface area (Å²) in [4.78, 5) is 2.49. The molecule has 1 aliphatic rings. The van der Waals surface area contributed by atoms with E-state index in [0.717, 1.165) is 32.6 Å². The highest BCUT2D eigenvalue weighted by atomic mass is 16.5. The molecule has 0 unspecified atom stereocenters. The van der Waals surface area contributed by atoms with Gasteiger partial charge in [0.25, 0.3) is 0 Å². The van der Waals surface area contributed by atoms with Crippen molar-refractivity contribution in [1.29, 1.82) is 0 Å². The van der Waals surface area contributed by atoms with Crippen LogP contribution in [0.2, 0.25) is 0 Å². The van der Waals surface area contributed by atoms with E-state index in [0.29, 0.717) is 6.04 Å². The molecule has 3 nitrogen and oxygen atoms in total. The molecule has 0 saturated carbocycles. The van der Waals surface area contributed by atoms with Crippen LogP contribution in [-0.4, -0.2) is 35.3 Å². The molecule has 1 aromatic rings. The molecule has 0 bridgehead atoms. The average molecular weight is 234 g/mol. The predicted octanol–water partition coefficient (Wildman–Crippen LogP) is 2.81. The van der Waals surface area contributed by atoms with E-state index >= 15 is 0 Å². The lowest BCUT2D eigenvalue weighted by Crippen LogP contribution is -2.39. The van der Waals surface area contributed by atoms with Crippen molar-refractivity contribution >= 4 is 5.82 Å². The van der Waals surface area contributed by atoms with Gasteiger partial charge in [-0.1, -0.05) is 0 Å². The number of ether oxygens (including phenoxy) is 1. The van der Waals surface area contributed by atoms with Gasteiger partial charge in [-0.2, -0.15) is 0 Å². The van der Waals surface area contributed by atoms with Crippen molar-refractivity contribution in [1.82, 2.24) is 9.47 Å². The topological polar surface area (TPSA) is 17.4 Å². The fraction of sp³-hybridized carbons (Fsp3) is 0.571. The summed E-state index contributed by atoms with van der Waals surface area (Å²) < 4.78 is 7.64. The monoisotopic (exact) mass is 234 g/mol. The van der Waals surface area contributed by atoms with Gasteiger partial charge in [-0.3, -0.25) is 0 Å². The third-order valence-electron chi connectivity index (χ3n) is 3.39. The van der Waals surface area contributed by atoms with Crippen LogP contribution < -0.4 is 0 Å². The highest BCUT2D eigenvalue weighted by Gasteiger charge is 2.22. The molecule has 2 heterocycles. The largest absolute Gasteiger partial charge is 0.381 e. The first kappa shape index (κ1) is 12.2. The fourth-order valence-corrected chi connectivity index (χ4v) is 2.55. The lowest BCUT2D eigenvalue weighted by molar-refractivity contribution is 0.0523. The summed E-state index contributed by atoms with van der Waals surface area (Å²) in [6.07, 6.45) is 8.67. The van der Waals surface area contributed by atoms with E-state index in [2.05, 4.69) is 53.9 Å². The zero-order valence-corrected chi connectivity index (χ0v) is 10.8. The second-order valence-corrected chi connectivity index (χ2v) is 4.37. The highest BCUT2D eigenvalue weighted by Crippen LogP contribution is 2.21. The summed E-state index contributed by atoms with van der Waals surface area (Å²) >= 11 is 0. The Morgan fingerprint density at radius 3 is 2.53 bits per heavy atom. The van der Waals surface area contributed by atoms with Gasteiger partial charge in [0.2, 0.25) is 0 Å². The van der Waals surface area contributed by atoms with Crippen LogP contribution in [0.4, 0.5) is 0 Å². The minimum atomic E-state index is 0.613. The Balaban J connectivity index is 2.15. The molecular formula is C14H22N2O. The third-order valence-corrected chi connectivity index (χ3v) is 3.39. The number of rotatable bonds is 4. The molecule has 17 heavy (non-hydrogen) atoms. The first-order chi connectivity index (χ1) is 8.36. The van der Waals surface area contributed by atoms with Gasteiger partial charge in [0, 0.05) is 38.2 Å². The third kappa shape index (κ3) is 2.72. The summed E-state index contributed by atoms with van der Waals surface area (Å²) in [6, 6.07) is 4.75. The molecule has 0 amide bonds. The molecule has 0 aromatic carbocycles. The highest BCUT2D eigenvalue weighted by molar-refractivity contribution is 5.43. The number of hydrogen-bond acceptors (Lipinski definition) is 2. The molecule has 0 spiro atoms. The summed E-state index contributed by atoms with van der Waals surface area (Å²) in [5, 5.41) is 0. The van der Waals surface area contributed by atoms with Gasteiger partial charge >= 0.3 is 0 Å². The molecule has 2 rings (SSSR count). The molecule has 3 heteroatoms. The van der Waals surface area contributed by atoms with Gasteiger partial charge < -0.3 is 14.2 Å². The minimum Gasteiger partial charge on any atom is -0.381 e. The molecule has 0 atom stereocenters. The average Bonchev–Trinajstić information content (AvgIpc) is 2.90. The summed E-state index contributed by atoms with van der Waals surface area (Å²) in [6.45, 7) is 7.16.